The van der Waals surface area contributed by atoms with Gasteiger partial charge in [0.15, 0.2) is 0 Å². The predicted molar refractivity (Wildman–Crippen MR) is 53.0 cm³/mol. The zero-order valence-electron chi connectivity index (χ0n) is 8.46. The highest BCUT2D eigenvalue weighted by Crippen LogP contribution is 2.21. The standard InChI is InChI=1S/C10H7F2N3O2/c11-9(12)17-8-6-7(2-5-13-8)16-10-14-3-1-4-15-10/h1-6,9H. The maximum Gasteiger partial charge on any atom is 0.388 e. The van der Waals surface area contributed by atoms with Crippen LogP contribution in [0.15, 0.2) is 36.8 Å². The first kappa shape index (κ1) is 11.2. The van der Waals surface area contributed by atoms with Gasteiger partial charge in [0.2, 0.25) is 5.88 Å². The quantitative estimate of drug-likeness (QED) is 0.819. The van der Waals surface area contributed by atoms with Gasteiger partial charge in [0.25, 0.3) is 0 Å². The molecule has 5 nitrogen and oxygen atoms in total. The van der Waals surface area contributed by atoms with Gasteiger partial charge in [0, 0.05) is 24.7 Å². The van der Waals surface area contributed by atoms with Crippen LogP contribution in [0.5, 0.6) is 17.6 Å². The molecule has 2 aromatic rings. The van der Waals surface area contributed by atoms with E-state index in [9.17, 15) is 8.78 Å². The summed E-state index contributed by atoms with van der Waals surface area (Å²) in [4.78, 5) is 11.2. The predicted octanol–water partition coefficient (Wildman–Crippen LogP) is 2.27. The largest absolute Gasteiger partial charge is 0.424 e. The molecule has 0 aliphatic rings. The fourth-order valence-electron chi connectivity index (χ4n) is 1.05. The van der Waals surface area contributed by atoms with Crippen molar-refractivity contribution in [1.82, 2.24) is 15.0 Å². The van der Waals surface area contributed by atoms with E-state index >= 15 is 0 Å². The number of ether oxygens (including phenoxy) is 2. The van der Waals surface area contributed by atoms with E-state index in [4.69, 9.17) is 4.74 Å². The van der Waals surface area contributed by atoms with Gasteiger partial charge >= 0.3 is 12.6 Å². The number of rotatable bonds is 4. The van der Waals surface area contributed by atoms with Crippen LogP contribution < -0.4 is 9.47 Å². The second-order valence-electron chi connectivity index (χ2n) is 2.84. The molecule has 0 N–H and O–H groups in total. The number of hydrogen-bond acceptors (Lipinski definition) is 5. The van der Waals surface area contributed by atoms with Crippen LogP contribution >= 0.6 is 0 Å². The minimum absolute atomic E-state index is 0.113. The summed E-state index contributed by atoms with van der Waals surface area (Å²) in [6, 6.07) is 4.45. The van der Waals surface area contributed by atoms with E-state index in [-0.39, 0.29) is 17.6 Å². The first-order valence-corrected chi connectivity index (χ1v) is 4.60. The molecule has 0 radical (unpaired) electrons. The maximum atomic E-state index is 12.0. The van der Waals surface area contributed by atoms with Crippen molar-refractivity contribution in [3.05, 3.63) is 36.8 Å². The average Bonchev–Trinajstić information content (AvgIpc) is 2.30. The highest BCUT2D eigenvalue weighted by atomic mass is 19.3. The zero-order valence-corrected chi connectivity index (χ0v) is 8.46. The van der Waals surface area contributed by atoms with E-state index < -0.39 is 6.61 Å². The van der Waals surface area contributed by atoms with Crippen LogP contribution in [0.2, 0.25) is 0 Å². The Balaban J connectivity index is 2.11. The Hall–Kier alpha value is -2.31. The molecule has 0 atom stereocenters. The smallest absolute Gasteiger partial charge is 0.388 e. The van der Waals surface area contributed by atoms with E-state index in [1.54, 1.807) is 6.07 Å². The fourth-order valence-corrected chi connectivity index (χ4v) is 1.05. The molecule has 2 heterocycles. The Morgan fingerprint density at radius 3 is 2.53 bits per heavy atom. The summed E-state index contributed by atoms with van der Waals surface area (Å²) in [5, 5.41) is 0. The number of halogens is 2. The van der Waals surface area contributed by atoms with Gasteiger partial charge in [-0.25, -0.2) is 15.0 Å². The van der Waals surface area contributed by atoms with Gasteiger partial charge in [0.1, 0.15) is 5.75 Å². The average molecular weight is 239 g/mol. The third kappa shape index (κ3) is 3.33. The summed E-state index contributed by atoms with van der Waals surface area (Å²) in [7, 11) is 0. The molecule has 2 aromatic heterocycles. The topological polar surface area (TPSA) is 57.1 Å². The number of pyridine rings is 1. The third-order valence-corrected chi connectivity index (χ3v) is 1.67. The van der Waals surface area contributed by atoms with Crippen LogP contribution in [0.25, 0.3) is 0 Å². The van der Waals surface area contributed by atoms with Crippen molar-refractivity contribution >= 4 is 0 Å². The van der Waals surface area contributed by atoms with Crippen LogP contribution in [-0.2, 0) is 0 Å². The molecule has 0 aliphatic heterocycles. The highest BCUT2D eigenvalue weighted by molar-refractivity contribution is 5.28. The van der Waals surface area contributed by atoms with Gasteiger partial charge in [-0.2, -0.15) is 8.78 Å². The number of alkyl halides is 2. The maximum absolute atomic E-state index is 12.0. The molecule has 17 heavy (non-hydrogen) atoms. The molecular formula is C10H7F2N3O2. The Morgan fingerprint density at radius 1 is 1.06 bits per heavy atom. The minimum atomic E-state index is -2.93. The van der Waals surface area contributed by atoms with Crippen molar-refractivity contribution in [2.24, 2.45) is 0 Å². The molecule has 0 fully saturated rings. The Kier molecular flexibility index (Phi) is 3.39. The Morgan fingerprint density at radius 2 is 1.82 bits per heavy atom. The van der Waals surface area contributed by atoms with Crippen molar-refractivity contribution < 1.29 is 18.3 Å². The first-order chi connectivity index (χ1) is 8.24. The summed E-state index contributed by atoms with van der Waals surface area (Å²) in [6.07, 6.45) is 4.29. The van der Waals surface area contributed by atoms with Gasteiger partial charge in [-0.15, -0.1) is 0 Å². The minimum Gasteiger partial charge on any atom is -0.424 e. The SMILES string of the molecule is FC(F)Oc1cc(Oc2ncccn2)ccn1. The van der Waals surface area contributed by atoms with Crippen molar-refractivity contribution in [1.29, 1.82) is 0 Å². The van der Waals surface area contributed by atoms with Crippen molar-refractivity contribution in [2.75, 3.05) is 0 Å². The lowest BCUT2D eigenvalue weighted by Crippen LogP contribution is -2.03. The van der Waals surface area contributed by atoms with Crippen LogP contribution in [0, 0.1) is 0 Å². The molecule has 88 valence electrons. The van der Waals surface area contributed by atoms with Gasteiger partial charge in [-0.3, -0.25) is 0 Å². The molecule has 0 saturated heterocycles. The fraction of sp³-hybridized carbons (Fsp3) is 0.100. The third-order valence-electron chi connectivity index (χ3n) is 1.67. The molecule has 0 bridgehead atoms. The van der Waals surface area contributed by atoms with Crippen LogP contribution in [0.1, 0.15) is 0 Å². The number of nitrogens with zero attached hydrogens (tertiary/aromatic N) is 3. The van der Waals surface area contributed by atoms with Gasteiger partial charge in [-0.05, 0) is 12.1 Å². The second-order valence-corrected chi connectivity index (χ2v) is 2.84. The van der Waals surface area contributed by atoms with E-state index in [1.807, 2.05) is 0 Å². The zero-order chi connectivity index (χ0) is 12.1. The molecule has 0 spiro atoms. The normalized spacial score (nSPS) is 10.3. The van der Waals surface area contributed by atoms with E-state index in [0.717, 1.165) is 0 Å². The summed E-state index contributed by atoms with van der Waals surface area (Å²) < 4.78 is 33.2. The summed E-state index contributed by atoms with van der Waals surface area (Å²) >= 11 is 0. The Labute approximate surface area is 95.1 Å². The van der Waals surface area contributed by atoms with E-state index in [0.29, 0.717) is 0 Å². The van der Waals surface area contributed by atoms with Crippen LogP contribution in [-0.4, -0.2) is 21.6 Å². The molecule has 0 amide bonds. The van der Waals surface area contributed by atoms with Crippen molar-refractivity contribution in [3.8, 4) is 17.6 Å². The van der Waals surface area contributed by atoms with Gasteiger partial charge < -0.3 is 9.47 Å². The highest BCUT2D eigenvalue weighted by Gasteiger charge is 2.07. The number of hydrogen-bond donors (Lipinski definition) is 0. The molecule has 2 rings (SSSR count). The summed E-state index contributed by atoms with van der Waals surface area (Å²) in [6.45, 7) is -2.93. The second kappa shape index (κ2) is 5.15. The molecule has 0 unspecified atom stereocenters. The lowest BCUT2D eigenvalue weighted by atomic mass is 10.4. The van der Waals surface area contributed by atoms with Crippen LogP contribution in [0.3, 0.4) is 0 Å². The van der Waals surface area contributed by atoms with Gasteiger partial charge in [0.05, 0.1) is 0 Å². The molecule has 7 heteroatoms. The first-order valence-electron chi connectivity index (χ1n) is 4.60. The summed E-state index contributed by atoms with van der Waals surface area (Å²) in [5.41, 5.74) is 0. The van der Waals surface area contributed by atoms with E-state index in [1.165, 1.54) is 30.7 Å². The lowest BCUT2D eigenvalue weighted by molar-refractivity contribution is -0.0529. The van der Waals surface area contributed by atoms with E-state index in [2.05, 4.69) is 19.7 Å². The lowest BCUT2D eigenvalue weighted by Gasteiger charge is -2.05. The molecule has 0 saturated carbocycles. The molecule has 0 aromatic carbocycles. The number of aromatic nitrogens is 3. The monoisotopic (exact) mass is 239 g/mol. The summed E-state index contributed by atoms with van der Waals surface area (Å²) in [5.74, 6) is 0.0373. The van der Waals surface area contributed by atoms with Crippen molar-refractivity contribution in [3.63, 3.8) is 0 Å². The molecule has 0 aliphatic carbocycles. The van der Waals surface area contributed by atoms with Gasteiger partial charge in [-0.1, -0.05) is 0 Å². The molecular weight excluding hydrogens is 232 g/mol. The Bertz CT molecular complexity index is 482. The van der Waals surface area contributed by atoms with Crippen molar-refractivity contribution in [2.45, 2.75) is 6.61 Å². The van der Waals surface area contributed by atoms with Crippen LogP contribution in [0.4, 0.5) is 8.78 Å².